The summed E-state index contributed by atoms with van der Waals surface area (Å²) in [7, 11) is 5.97. The minimum absolute atomic E-state index is 0.0133. The molecule has 3 heterocycles. The normalized spacial score (nSPS) is 21.0. The number of rotatable bonds is 4. The van der Waals surface area contributed by atoms with Gasteiger partial charge in [0.05, 0.1) is 17.5 Å². The monoisotopic (exact) mass is 356 g/mol. The first-order chi connectivity index (χ1) is 12.4. The van der Waals surface area contributed by atoms with Crippen molar-refractivity contribution in [3.05, 3.63) is 41.2 Å². The van der Waals surface area contributed by atoms with Crippen LogP contribution in [0.3, 0.4) is 0 Å². The van der Waals surface area contributed by atoms with E-state index in [0.29, 0.717) is 23.9 Å². The maximum absolute atomic E-state index is 12.9. The number of aryl methyl sites for hydroxylation is 3. The maximum Gasteiger partial charge on any atom is 0.257 e. The molecule has 7 nitrogen and oxygen atoms in total. The predicted molar refractivity (Wildman–Crippen MR) is 99.8 cm³/mol. The molecule has 0 aromatic carbocycles. The molecule has 0 aliphatic carbocycles. The fourth-order valence-electron chi connectivity index (χ4n) is 4.00. The van der Waals surface area contributed by atoms with Gasteiger partial charge in [-0.15, -0.1) is 0 Å². The number of hydrogen-bond donors (Lipinski definition) is 0. The Balaban J connectivity index is 1.77. The first kappa shape index (κ1) is 18.5. The first-order valence-corrected chi connectivity index (χ1v) is 9.11. The Hall–Kier alpha value is -2.28. The third-order valence-corrected chi connectivity index (χ3v) is 5.26. The summed E-state index contributed by atoms with van der Waals surface area (Å²) >= 11 is 0. The molecule has 2 atom stereocenters. The lowest BCUT2D eigenvalue weighted by atomic mass is 9.85. The van der Waals surface area contributed by atoms with Gasteiger partial charge in [0.1, 0.15) is 5.82 Å². The molecule has 0 spiro atoms. The molecule has 0 radical (unpaired) electrons. The van der Waals surface area contributed by atoms with E-state index in [4.69, 9.17) is 0 Å². The van der Waals surface area contributed by atoms with E-state index in [0.717, 1.165) is 25.1 Å². The van der Waals surface area contributed by atoms with Crippen molar-refractivity contribution in [3.8, 4) is 0 Å². The van der Waals surface area contributed by atoms with Crippen LogP contribution in [0.4, 0.5) is 0 Å². The summed E-state index contributed by atoms with van der Waals surface area (Å²) in [6.45, 7) is 5.47. The van der Waals surface area contributed by atoms with Crippen molar-refractivity contribution in [1.29, 1.82) is 0 Å². The van der Waals surface area contributed by atoms with Crippen LogP contribution in [-0.2, 0) is 7.05 Å². The van der Waals surface area contributed by atoms with Gasteiger partial charge in [-0.3, -0.25) is 14.4 Å². The highest BCUT2D eigenvalue weighted by molar-refractivity contribution is 5.94. The van der Waals surface area contributed by atoms with Crippen molar-refractivity contribution < 1.29 is 4.79 Å². The lowest BCUT2D eigenvalue weighted by Crippen LogP contribution is -2.42. The summed E-state index contributed by atoms with van der Waals surface area (Å²) < 4.78 is 1.84. The van der Waals surface area contributed by atoms with Gasteiger partial charge in [-0.2, -0.15) is 5.10 Å². The molecular weight excluding hydrogens is 328 g/mol. The van der Waals surface area contributed by atoms with Crippen LogP contribution in [-0.4, -0.2) is 62.6 Å². The Morgan fingerprint density at radius 2 is 2.08 bits per heavy atom. The third-order valence-electron chi connectivity index (χ3n) is 5.26. The molecule has 0 unspecified atom stereocenters. The second kappa shape index (κ2) is 7.53. The lowest BCUT2D eigenvalue weighted by molar-refractivity contribution is 0.0644. The van der Waals surface area contributed by atoms with E-state index in [1.165, 1.54) is 5.56 Å². The van der Waals surface area contributed by atoms with E-state index >= 15 is 0 Å². The van der Waals surface area contributed by atoms with Crippen molar-refractivity contribution in [2.75, 3.05) is 27.2 Å². The number of likely N-dealkylation sites (tertiary alicyclic amines) is 1. The number of carbonyl (C=O) groups is 1. The predicted octanol–water partition coefficient (Wildman–Crippen LogP) is 1.98. The second-order valence-corrected chi connectivity index (χ2v) is 7.38. The molecule has 1 fully saturated rings. The Morgan fingerprint density at radius 3 is 2.73 bits per heavy atom. The van der Waals surface area contributed by atoms with E-state index < -0.39 is 0 Å². The second-order valence-electron chi connectivity index (χ2n) is 7.38. The van der Waals surface area contributed by atoms with Gasteiger partial charge in [0, 0.05) is 44.6 Å². The summed E-state index contributed by atoms with van der Waals surface area (Å²) in [5.41, 5.74) is 2.54. The number of amides is 1. The van der Waals surface area contributed by atoms with Gasteiger partial charge >= 0.3 is 0 Å². The smallest absolute Gasteiger partial charge is 0.257 e. The average Bonchev–Trinajstić information content (AvgIpc) is 3.00. The highest BCUT2D eigenvalue weighted by atomic mass is 16.2. The van der Waals surface area contributed by atoms with E-state index in [2.05, 4.69) is 33.2 Å². The molecule has 3 rings (SSSR count). The van der Waals surface area contributed by atoms with Crippen LogP contribution in [0, 0.1) is 19.8 Å². The molecule has 0 bridgehead atoms. The zero-order chi connectivity index (χ0) is 18.8. The molecule has 2 aromatic heterocycles. The van der Waals surface area contributed by atoms with Crippen molar-refractivity contribution in [2.45, 2.75) is 32.7 Å². The molecule has 140 valence electrons. The van der Waals surface area contributed by atoms with E-state index in [1.54, 1.807) is 6.20 Å². The molecule has 1 aliphatic heterocycles. The molecule has 1 saturated heterocycles. The standard InChI is InChI=1S/C19H28N6O/c1-13-17(10-20-14(2)22-13)19(26)24(4)11-15-7-6-8-23(3)18(15)16-9-21-25(5)12-16/h9-10,12,15,18H,6-8,11H2,1-5H3/t15-,18+/m0/s1. The van der Waals surface area contributed by atoms with Crippen LogP contribution in [0.1, 0.15) is 46.3 Å². The first-order valence-electron chi connectivity index (χ1n) is 9.11. The highest BCUT2D eigenvalue weighted by Gasteiger charge is 2.33. The van der Waals surface area contributed by atoms with Gasteiger partial charge in [0.25, 0.3) is 5.91 Å². The SMILES string of the molecule is Cc1ncc(C(=O)N(C)C[C@@H]2CCCN(C)[C@H]2c2cnn(C)c2)c(C)n1. The van der Waals surface area contributed by atoms with Crippen LogP contribution in [0.2, 0.25) is 0 Å². The summed E-state index contributed by atoms with van der Waals surface area (Å²) in [5, 5.41) is 4.34. The zero-order valence-electron chi connectivity index (χ0n) is 16.3. The number of aromatic nitrogens is 4. The molecule has 1 amide bonds. The number of hydrogen-bond acceptors (Lipinski definition) is 5. The maximum atomic E-state index is 12.9. The quantitative estimate of drug-likeness (QED) is 0.838. The van der Waals surface area contributed by atoms with Gasteiger partial charge in [-0.05, 0) is 46.2 Å². The third kappa shape index (κ3) is 3.77. The van der Waals surface area contributed by atoms with Crippen LogP contribution in [0.5, 0.6) is 0 Å². The average molecular weight is 356 g/mol. The molecule has 7 heteroatoms. The Bertz CT molecular complexity index is 786. The van der Waals surface area contributed by atoms with E-state index in [9.17, 15) is 4.79 Å². The van der Waals surface area contributed by atoms with Crippen LogP contribution in [0.25, 0.3) is 0 Å². The zero-order valence-corrected chi connectivity index (χ0v) is 16.3. The Kier molecular flexibility index (Phi) is 5.36. The van der Waals surface area contributed by atoms with Gasteiger partial charge in [-0.25, -0.2) is 9.97 Å². The Morgan fingerprint density at radius 1 is 1.31 bits per heavy atom. The van der Waals surface area contributed by atoms with E-state index in [1.807, 2.05) is 43.7 Å². The van der Waals surface area contributed by atoms with Gasteiger partial charge in [0.2, 0.25) is 0 Å². The fourth-order valence-corrected chi connectivity index (χ4v) is 4.00. The molecule has 26 heavy (non-hydrogen) atoms. The van der Waals surface area contributed by atoms with Crippen molar-refractivity contribution in [2.24, 2.45) is 13.0 Å². The number of nitrogens with zero attached hydrogens (tertiary/aromatic N) is 6. The van der Waals surface area contributed by atoms with Crippen LogP contribution in [0.15, 0.2) is 18.6 Å². The Labute approximate surface area is 155 Å². The lowest BCUT2D eigenvalue weighted by Gasteiger charge is -2.40. The highest BCUT2D eigenvalue weighted by Crippen LogP contribution is 2.35. The minimum Gasteiger partial charge on any atom is -0.341 e. The number of carbonyl (C=O) groups excluding carboxylic acids is 1. The molecule has 2 aromatic rings. The fraction of sp³-hybridized carbons (Fsp3) is 0.579. The van der Waals surface area contributed by atoms with Crippen molar-refractivity contribution in [1.82, 2.24) is 29.5 Å². The summed E-state index contributed by atoms with van der Waals surface area (Å²) in [5.74, 6) is 1.05. The molecule has 1 aliphatic rings. The van der Waals surface area contributed by atoms with Crippen molar-refractivity contribution >= 4 is 5.91 Å². The van der Waals surface area contributed by atoms with Crippen molar-refractivity contribution in [3.63, 3.8) is 0 Å². The largest absolute Gasteiger partial charge is 0.341 e. The van der Waals surface area contributed by atoms with Crippen LogP contribution < -0.4 is 0 Å². The van der Waals surface area contributed by atoms with Gasteiger partial charge < -0.3 is 4.90 Å². The molecular formula is C19H28N6O. The summed E-state index contributed by atoms with van der Waals surface area (Å²) in [6.07, 6.45) is 7.91. The molecule has 0 saturated carbocycles. The van der Waals surface area contributed by atoms with Gasteiger partial charge in [0.15, 0.2) is 0 Å². The van der Waals surface area contributed by atoms with E-state index in [-0.39, 0.29) is 11.9 Å². The minimum atomic E-state index is -0.0133. The topological polar surface area (TPSA) is 67.2 Å². The summed E-state index contributed by atoms with van der Waals surface area (Å²) in [6, 6.07) is 0.281. The number of piperidine rings is 1. The summed E-state index contributed by atoms with van der Waals surface area (Å²) in [4.78, 5) is 25.6. The van der Waals surface area contributed by atoms with Crippen LogP contribution >= 0.6 is 0 Å². The van der Waals surface area contributed by atoms with Gasteiger partial charge in [-0.1, -0.05) is 0 Å². The molecule has 0 N–H and O–H groups in total.